The first-order valence-electron chi connectivity index (χ1n) is 3.50. The minimum absolute atomic E-state index is 0.271. The van der Waals surface area contributed by atoms with Gasteiger partial charge in [0.15, 0.2) is 0 Å². The Bertz CT molecular complexity index is 184. The van der Waals surface area contributed by atoms with Crippen LogP contribution < -0.4 is 0 Å². The van der Waals surface area contributed by atoms with Crippen LogP contribution in [0.15, 0.2) is 0 Å². The number of aliphatic hydroxyl groups is 1. The maximum absolute atomic E-state index is 13.1. The Morgan fingerprint density at radius 1 is 1.73 bits per heavy atom. The number of rotatable bonds is 3. The number of halogens is 1. The lowest BCUT2D eigenvalue weighted by Crippen LogP contribution is -2.40. The van der Waals surface area contributed by atoms with Crippen molar-refractivity contribution in [3.8, 4) is 0 Å². The van der Waals surface area contributed by atoms with E-state index in [1.165, 1.54) is 6.92 Å². The van der Waals surface area contributed by atoms with Crippen LogP contribution in [0, 0.1) is 0 Å². The average molecular weight is 162 g/mol. The van der Waals surface area contributed by atoms with Gasteiger partial charge in [0.2, 0.25) is 0 Å². The zero-order valence-corrected chi connectivity index (χ0v) is 6.30. The molecule has 1 aliphatic rings. The second-order valence-corrected chi connectivity index (χ2v) is 3.31. The van der Waals surface area contributed by atoms with Gasteiger partial charge in [0.1, 0.15) is 11.3 Å². The van der Waals surface area contributed by atoms with E-state index in [0.29, 0.717) is 0 Å². The lowest BCUT2D eigenvalue weighted by molar-refractivity contribution is -0.145. The molecule has 0 heterocycles. The van der Waals surface area contributed by atoms with Gasteiger partial charge in [-0.1, -0.05) is 0 Å². The molecule has 0 saturated heterocycles. The molecular weight excluding hydrogens is 151 g/mol. The summed E-state index contributed by atoms with van der Waals surface area (Å²) in [6.45, 7) is 1.23. The van der Waals surface area contributed by atoms with E-state index < -0.39 is 23.7 Å². The van der Waals surface area contributed by atoms with Gasteiger partial charge in [0, 0.05) is 0 Å². The van der Waals surface area contributed by atoms with Crippen molar-refractivity contribution in [2.45, 2.75) is 37.5 Å². The van der Waals surface area contributed by atoms with Gasteiger partial charge < -0.3 is 10.2 Å². The van der Waals surface area contributed by atoms with E-state index in [1.807, 2.05) is 0 Å². The van der Waals surface area contributed by atoms with Crippen LogP contribution in [0.1, 0.15) is 26.2 Å². The molecule has 0 amide bonds. The quantitative estimate of drug-likeness (QED) is 0.642. The van der Waals surface area contributed by atoms with Crippen LogP contribution in [0.5, 0.6) is 0 Å². The highest BCUT2D eigenvalue weighted by molar-refractivity contribution is 5.68. The predicted molar refractivity (Wildman–Crippen MR) is 35.9 cm³/mol. The zero-order valence-electron chi connectivity index (χ0n) is 6.30. The minimum atomic E-state index is -1.70. The molecule has 4 heteroatoms. The summed E-state index contributed by atoms with van der Waals surface area (Å²) in [5.41, 5.74) is -3.34. The molecule has 0 aromatic rings. The van der Waals surface area contributed by atoms with Crippen LogP contribution >= 0.6 is 0 Å². The number of hydrogen-bond donors (Lipinski definition) is 2. The molecule has 0 aromatic carbocycles. The molecule has 0 aliphatic heterocycles. The van der Waals surface area contributed by atoms with Crippen molar-refractivity contribution < 1.29 is 19.4 Å². The van der Waals surface area contributed by atoms with Crippen molar-refractivity contribution in [2.75, 3.05) is 0 Å². The van der Waals surface area contributed by atoms with Gasteiger partial charge in [-0.3, -0.25) is 4.79 Å². The number of hydrogen-bond acceptors (Lipinski definition) is 2. The van der Waals surface area contributed by atoms with Crippen LogP contribution in [0.4, 0.5) is 4.39 Å². The van der Waals surface area contributed by atoms with Gasteiger partial charge in [-0.2, -0.15) is 0 Å². The molecule has 64 valence electrons. The summed E-state index contributed by atoms with van der Waals surface area (Å²) in [5.74, 6) is -1.17. The maximum atomic E-state index is 13.1. The summed E-state index contributed by atoms with van der Waals surface area (Å²) in [4.78, 5) is 10.2. The van der Waals surface area contributed by atoms with E-state index in [4.69, 9.17) is 5.11 Å². The fraction of sp³-hybridized carbons (Fsp3) is 0.857. The molecule has 2 N–H and O–H groups in total. The highest BCUT2D eigenvalue weighted by atomic mass is 19.1. The third kappa shape index (κ3) is 1.50. The van der Waals surface area contributed by atoms with Gasteiger partial charge in [-0.25, -0.2) is 4.39 Å². The fourth-order valence-corrected chi connectivity index (χ4v) is 1.10. The van der Waals surface area contributed by atoms with E-state index in [-0.39, 0.29) is 12.8 Å². The summed E-state index contributed by atoms with van der Waals surface area (Å²) in [6.07, 6.45) is 0.0179. The van der Waals surface area contributed by atoms with Crippen LogP contribution in [0.25, 0.3) is 0 Å². The van der Waals surface area contributed by atoms with Crippen LogP contribution in [-0.2, 0) is 4.79 Å². The third-order valence-electron chi connectivity index (χ3n) is 2.15. The molecular formula is C7H11FO3. The summed E-state index contributed by atoms with van der Waals surface area (Å²) in [7, 11) is 0. The summed E-state index contributed by atoms with van der Waals surface area (Å²) in [5, 5.41) is 17.6. The number of carboxylic acids is 1. The zero-order chi connectivity index (χ0) is 8.70. The topological polar surface area (TPSA) is 57.5 Å². The largest absolute Gasteiger partial charge is 0.481 e. The smallest absolute Gasteiger partial charge is 0.306 e. The average Bonchev–Trinajstić information content (AvgIpc) is 2.44. The highest BCUT2D eigenvalue weighted by Gasteiger charge is 2.58. The summed E-state index contributed by atoms with van der Waals surface area (Å²) in [6, 6.07) is 0. The van der Waals surface area contributed by atoms with Crippen molar-refractivity contribution in [2.24, 2.45) is 0 Å². The lowest BCUT2D eigenvalue weighted by atomic mass is 9.94. The van der Waals surface area contributed by atoms with Crippen molar-refractivity contribution in [3.05, 3.63) is 0 Å². The van der Waals surface area contributed by atoms with E-state index in [1.54, 1.807) is 0 Å². The molecule has 1 fully saturated rings. The van der Waals surface area contributed by atoms with Gasteiger partial charge in [0.25, 0.3) is 0 Å². The van der Waals surface area contributed by atoms with E-state index in [9.17, 15) is 14.3 Å². The Hall–Kier alpha value is -0.640. The molecule has 0 spiro atoms. The summed E-state index contributed by atoms with van der Waals surface area (Å²) >= 11 is 0. The lowest BCUT2D eigenvalue weighted by Gasteiger charge is -2.24. The van der Waals surface area contributed by atoms with E-state index in [0.717, 1.165) is 0 Å². The molecule has 1 saturated carbocycles. The highest BCUT2D eigenvalue weighted by Crippen LogP contribution is 2.49. The normalized spacial score (nSPS) is 25.7. The molecule has 1 aliphatic carbocycles. The van der Waals surface area contributed by atoms with Gasteiger partial charge >= 0.3 is 5.97 Å². The number of carboxylic acid groups (broad SMARTS) is 1. The molecule has 0 aromatic heterocycles. The van der Waals surface area contributed by atoms with Gasteiger partial charge in [0.05, 0.1) is 6.42 Å². The van der Waals surface area contributed by atoms with Gasteiger partial charge in [-0.15, -0.1) is 0 Å². The first kappa shape index (κ1) is 8.46. The number of aliphatic carboxylic acids is 1. The molecule has 3 nitrogen and oxygen atoms in total. The monoisotopic (exact) mass is 162 g/mol. The maximum Gasteiger partial charge on any atom is 0.306 e. The summed E-state index contributed by atoms with van der Waals surface area (Å²) < 4.78 is 13.1. The van der Waals surface area contributed by atoms with Crippen molar-refractivity contribution in [1.82, 2.24) is 0 Å². The molecule has 0 bridgehead atoms. The molecule has 11 heavy (non-hydrogen) atoms. The Morgan fingerprint density at radius 3 is 2.45 bits per heavy atom. The van der Waals surface area contributed by atoms with E-state index >= 15 is 0 Å². The second kappa shape index (κ2) is 2.17. The minimum Gasteiger partial charge on any atom is -0.481 e. The van der Waals surface area contributed by atoms with Crippen LogP contribution in [0.2, 0.25) is 0 Å². The first-order valence-corrected chi connectivity index (χ1v) is 3.50. The Labute approximate surface area is 63.8 Å². The molecule has 1 rings (SSSR count). The third-order valence-corrected chi connectivity index (χ3v) is 2.15. The second-order valence-electron chi connectivity index (χ2n) is 3.31. The molecule has 1 atom stereocenters. The Kier molecular flexibility index (Phi) is 1.67. The van der Waals surface area contributed by atoms with Crippen molar-refractivity contribution in [3.63, 3.8) is 0 Å². The number of alkyl halides is 1. The van der Waals surface area contributed by atoms with Crippen LogP contribution in [-0.4, -0.2) is 27.5 Å². The van der Waals surface area contributed by atoms with Crippen molar-refractivity contribution >= 4 is 5.97 Å². The van der Waals surface area contributed by atoms with E-state index in [2.05, 4.69) is 0 Å². The standard InChI is InChI=1S/C7H11FO3/c1-6(11,4-5(9)10)7(8)2-3-7/h11H,2-4H2,1H3,(H,9,10). The first-order chi connectivity index (χ1) is 4.87. The molecule has 0 radical (unpaired) electrons. The number of carbonyl (C=O) groups is 1. The van der Waals surface area contributed by atoms with Crippen molar-refractivity contribution in [1.29, 1.82) is 0 Å². The molecule has 1 unspecified atom stereocenters. The van der Waals surface area contributed by atoms with Gasteiger partial charge in [-0.05, 0) is 19.8 Å². The Morgan fingerprint density at radius 2 is 2.18 bits per heavy atom. The fourth-order valence-electron chi connectivity index (χ4n) is 1.10. The Balaban J connectivity index is 2.59. The van der Waals surface area contributed by atoms with Crippen LogP contribution in [0.3, 0.4) is 0 Å². The SMILES string of the molecule is CC(O)(CC(=O)O)C1(F)CC1. The predicted octanol–water partition coefficient (Wildman–Crippen LogP) is 0.714.